The van der Waals surface area contributed by atoms with Crippen LogP contribution in [0.4, 0.5) is 28.9 Å². The van der Waals surface area contributed by atoms with Crippen LogP contribution in [-0.4, -0.2) is 160 Å². The number of aliphatic hydroxyl groups excluding tert-OH is 1. The van der Waals surface area contributed by atoms with Gasteiger partial charge < -0.3 is 41.2 Å². The second-order valence-electron chi connectivity index (χ2n) is 24.2. The Kier molecular flexibility index (Phi) is 21.6. The number of aliphatic hydroxyl groups is 1. The Hall–Kier alpha value is -7.05. The third kappa shape index (κ3) is 16.9. The van der Waals surface area contributed by atoms with Crippen LogP contribution in [-0.2, 0) is 38.4 Å². The molecule has 86 heavy (non-hydrogen) atoms. The number of β-amino-alcohol motifs (C(OH)–C–C–N with tert-alkyl or cyclic N) is 1. The number of unbranched alkanes of at least 4 members (excludes halogenated alkanes) is 3. The molecule has 5 amide bonds. The topological polar surface area (TPSA) is 216 Å². The lowest BCUT2D eigenvalue weighted by molar-refractivity contribution is -0.144. The van der Waals surface area contributed by atoms with E-state index in [1.54, 1.807) is 47.2 Å². The number of rotatable bonds is 22. The standard InChI is InChI=1S/C63H81F4N11O7S/c1-39-34-77(35-40(2)74(39)7)52-21-19-45(29-51(52)72-59(83)48-33-69-56(82)31-49(48)63(65,66)67)47-28-43(16-20-50(47)64)36-76-26-24-75(25-27-76)23-22-68-54(80)12-10-8-9-11-13-55(81)73-58(62(4,5)6)61(85)78-37-46(79)30-53(78)60(84)70-32-42-14-17-44(18-15-42)57-41(3)71-38-86-57/h14-21,28-29,31,33,38-40,46,53,58,79H,8-13,22-27,30,32,34-37H2,1-7H3,(H,68,80)(H,69,82)(H,70,84)(H,72,83)(H,73,81)/t39-,40+,46-,53+,58-/m1/s1. The number of hydrogen-bond acceptors (Lipinski definition) is 13. The van der Waals surface area contributed by atoms with Gasteiger partial charge >= 0.3 is 6.18 Å². The normalized spacial score (nSPS) is 19.3. The molecule has 5 aromatic rings. The fraction of sp³-hybridized carbons (Fsp3) is 0.508. The van der Waals surface area contributed by atoms with Crippen molar-refractivity contribution >= 4 is 52.2 Å². The second-order valence-corrected chi connectivity index (χ2v) is 25.1. The summed E-state index contributed by atoms with van der Waals surface area (Å²) in [7, 11) is 2.02. The predicted octanol–water partition coefficient (Wildman–Crippen LogP) is 7.80. The fourth-order valence-electron chi connectivity index (χ4n) is 11.5. The molecular weight excluding hydrogens is 1130 g/mol. The number of nitrogens with one attached hydrogen (secondary N) is 5. The van der Waals surface area contributed by atoms with Crippen molar-refractivity contribution in [3.05, 3.63) is 123 Å². The quantitative estimate of drug-likeness (QED) is 0.0289. The average molecular weight is 1210 g/mol. The molecule has 8 rings (SSSR count). The highest BCUT2D eigenvalue weighted by molar-refractivity contribution is 7.13. The summed E-state index contributed by atoms with van der Waals surface area (Å²) in [5.41, 5.74) is 3.16. The van der Waals surface area contributed by atoms with Crippen molar-refractivity contribution in [2.24, 2.45) is 5.41 Å². The summed E-state index contributed by atoms with van der Waals surface area (Å²) in [6.45, 7) is 17.7. The van der Waals surface area contributed by atoms with Crippen LogP contribution in [0.25, 0.3) is 21.6 Å². The first-order chi connectivity index (χ1) is 40.8. The molecule has 0 aliphatic carbocycles. The van der Waals surface area contributed by atoms with Gasteiger partial charge in [0.05, 0.1) is 44.7 Å². The zero-order valence-electron chi connectivity index (χ0n) is 50.1. The largest absolute Gasteiger partial charge is 0.417 e. The highest BCUT2D eigenvalue weighted by Crippen LogP contribution is 2.37. The van der Waals surface area contributed by atoms with Gasteiger partial charge in [-0.25, -0.2) is 9.37 Å². The molecule has 464 valence electrons. The van der Waals surface area contributed by atoms with E-state index in [0.717, 1.165) is 66.1 Å². The van der Waals surface area contributed by atoms with E-state index in [2.05, 4.69) is 64.7 Å². The molecule has 0 bridgehead atoms. The Balaban J connectivity index is 0.745. The van der Waals surface area contributed by atoms with Crippen molar-refractivity contribution in [3.8, 4) is 21.6 Å². The summed E-state index contributed by atoms with van der Waals surface area (Å²) >= 11 is 1.56. The minimum atomic E-state index is -4.97. The molecule has 2 aromatic heterocycles. The van der Waals surface area contributed by atoms with Gasteiger partial charge in [-0.05, 0) is 92.6 Å². The number of anilines is 2. The maximum absolute atomic E-state index is 15.8. The van der Waals surface area contributed by atoms with Crippen molar-refractivity contribution in [1.82, 2.24) is 45.5 Å². The van der Waals surface area contributed by atoms with Gasteiger partial charge in [0.1, 0.15) is 17.9 Å². The summed E-state index contributed by atoms with van der Waals surface area (Å²) in [5, 5.41) is 22.2. The first kappa shape index (κ1) is 64.9. The molecule has 3 aromatic carbocycles. The number of aromatic amines is 1. The summed E-state index contributed by atoms with van der Waals surface area (Å²) in [6.07, 6.45) is -1.78. The van der Waals surface area contributed by atoms with E-state index in [1.807, 2.05) is 59.0 Å². The SMILES string of the molecule is Cc1ncsc1-c1ccc(CNC(=O)[C@@H]2C[C@@H](O)CN2C(=O)[C@@H](NC(=O)CCCCCCC(=O)NCCN2CCN(Cc3ccc(F)c(-c4ccc(N5C[C@@H](C)N(C)[C@@H](C)C5)c(NC(=O)c5c[nH]c(=O)cc5C(F)(F)F)c4)c3)CC2)C(C)(C)C)cc1. The molecule has 0 unspecified atom stereocenters. The lowest BCUT2D eigenvalue weighted by Gasteiger charge is -2.44. The lowest BCUT2D eigenvalue weighted by Crippen LogP contribution is -2.57. The number of benzene rings is 3. The van der Waals surface area contributed by atoms with Crippen LogP contribution in [0.15, 0.2) is 83.2 Å². The first-order valence-corrected chi connectivity index (χ1v) is 30.5. The number of hydrogen-bond donors (Lipinski definition) is 6. The van der Waals surface area contributed by atoms with Crippen LogP contribution in [0, 0.1) is 18.2 Å². The minimum absolute atomic E-state index is 0.0163. The molecule has 0 radical (unpaired) electrons. The molecular formula is C63H81F4N11O7S. The van der Waals surface area contributed by atoms with Gasteiger partial charge in [-0.15, -0.1) is 11.3 Å². The molecule has 3 aliphatic rings. The third-order valence-corrected chi connectivity index (χ3v) is 17.6. The summed E-state index contributed by atoms with van der Waals surface area (Å²) in [5.74, 6) is -2.71. The number of halogens is 4. The fourth-order valence-corrected chi connectivity index (χ4v) is 12.3. The number of H-pyrrole nitrogens is 1. The Labute approximate surface area is 504 Å². The van der Waals surface area contributed by atoms with Gasteiger partial charge in [0.25, 0.3) is 5.91 Å². The van der Waals surface area contributed by atoms with Crippen LogP contribution in [0.1, 0.15) is 112 Å². The second kappa shape index (κ2) is 28.6. The Morgan fingerprint density at radius 1 is 0.814 bits per heavy atom. The van der Waals surface area contributed by atoms with Crippen LogP contribution < -0.4 is 31.7 Å². The molecule has 3 saturated heterocycles. The number of aryl methyl sites for hydroxylation is 1. The van der Waals surface area contributed by atoms with Gasteiger partial charge in [0.2, 0.25) is 29.2 Å². The van der Waals surface area contributed by atoms with Crippen molar-refractivity contribution in [2.45, 2.75) is 136 Å². The number of thiazole rings is 1. The first-order valence-electron chi connectivity index (χ1n) is 29.6. The molecule has 0 saturated carbocycles. The lowest BCUT2D eigenvalue weighted by atomic mass is 9.85. The van der Waals surface area contributed by atoms with Crippen LogP contribution in [0.3, 0.4) is 0 Å². The zero-order valence-corrected chi connectivity index (χ0v) is 50.9. The number of alkyl halides is 3. The van der Waals surface area contributed by atoms with E-state index >= 15 is 4.39 Å². The number of aromatic nitrogens is 2. The third-order valence-electron chi connectivity index (χ3n) is 16.7. The van der Waals surface area contributed by atoms with Crippen LogP contribution in [0.5, 0.6) is 0 Å². The number of likely N-dealkylation sites (N-methyl/N-ethyl adjacent to an activating group) is 1. The van der Waals surface area contributed by atoms with Crippen molar-refractivity contribution in [3.63, 3.8) is 0 Å². The van der Waals surface area contributed by atoms with E-state index in [9.17, 15) is 47.0 Å². The van der Waals surface area contributed by atoms with E-state index in [1.165, 1.54) is 11.0 Å². The summed E-state index contributed by atoms with van der Waals surface area (Å²) in [6, 6.07) is 16.6. The molecule has 6 N–H and O–H groups in total. The predicted molar refractivity (Wildman–Crippen MR) is 325 cm³/mol. The van der Waals surface area contributed by atoms with Crippen molar-refractivity contribution in [1.29, 1.82) is 0 Å². The highest BCUT2D eigenvalue weighted by atomic mass is 32.1. The van der Waals surface area contributed by atoms with Crippen LogP contribution >= 0.6 is 11.3 Å². The zero-order chi connectivity index (χ0) is 62.0. The molecule has 5 heterocycles. The van der Waals surface area contributed by atoms with Gasteiger partial charge in [-0.1, -0.05) is 70.0 Å². The number of amides is 5. The number of carbonyl (C=O) groups is 5. The van der Waals surface area contributed by atoms with Crippen molar-refractivity contribution in [2.75, 3.05) is 76.2 Å². The molecule has 0 spiro atoms. The average Bonchev–Trinajstić information content (AvgIpc) is 3.70. The minimum Gasteiger partial charge on any atom is -0.391 e. The molecule has 3 aliphatic heterocycles. The summed E-state index contributed by atoms with van der Waals surface area (Å²) < 4.78 is 57.9. The number of carbonyl (C=O) groups excluding carboxylic acids is 5. The number of nitrogens with zero attached hydrogens (tertiary/aromatic N) is 6. The van der Waals surface area contributed by atoms with E-state index < -0.39 is 64.1 Å². The highest BCUT2D eigenvalue weighted by Gasteiger charge is 2.45. The van der Waals surface area contributed by atoms with Gasteiger partial charge in [0.15, 0.2) is 0 Å². The summed E-state index contributed by atoms with van der Waals surface area (Å²) in [4.78, 5) is 97.0. The smallest absolute Gasteiger partial charge is 0.391 e. The van der Waals surface area contributed by atoms with E-state index in [-0.39, 0.29) is 67.0 Å². The van der Waals surface area contributed by atoms with Crippen molar-refractivity contribution < 1.29 is 46.6 Å². The van der Waals surface area contributed by atoms with E-state index in [4.69, 9.17) is 0 Å². The molecule has 18 nitrogen and oxygen atoms in total. The van der Waals surface area contributed by atoms with Gasteiger partial charge in [-0.2, -0.15) is 13.2 Å². The molecule has 5 atom stereocenters. The number of pyridine rings is 1. The van der Waals surface area contributed by atoms with Gasteiger partial charge in [0, 0.05) is 121 Å². The monoisotopic (exact) mass is 1210 g/mol. The Morgan fingerprint density at radius 2 is 1.47 bits per heavy atom. The Bertz CT molecular complexity index is 3240. The van der Waals surface area contributed by atoms with Crippen LogP contribution in [0.2, 0.25) is 0 Å². The maximum atomic E-state index is 15.8. The Morgan fingerprint density at radius 3 is 2.12 bits per heavy atom. The molecule has 23 heteroatoms. The van der Waals surface area contributed by atoms with E-state index in [0.29, 0.717) is 75.7 Å². The number of likely N-dealkylation sites (tertiary alicyclic amines) is 1. The number of piperazine rings is 2. The maximum Gasteiger partial charge on any atom is 0.417 e. The molecule has 3 fully saturated rings. The van der Waals surface area contributed by atoms with Gasteiger partial charge in [-0.3, -0.25) is 43.5 Å².